The SMILES string of the molecule is O=C(C=CC1C(O)CC2OC(=O)CC21)COc1cccc(C(F)(F)F)c1. The fourth-order valence-electron chi connectivity index (χ4n) is 3.37. The Morgan fingerprint density at radius 1 is 1.38 bits per heavy atom. The Kier molecular flexibility index (Phi) is 5.04. The third-order valence-corrected chi connectivity index (χ3v) is 4.62. The topological polar surface area (TPSA) is 72.8 Å². The van der Waals surface area contributed by atoms with E-state index in [2.05, 4.69) is 0 Å². The molecule has 1 saturated carbocycles. The average Bonchev–Trinajstić information content (AvgIpc) is 3.05. The number of aliphatic hydroxyl groups is 1. The third kappa shape index (κ3) is 4.07. The van der Waals surface area contributed by atoms with Crippen molar-refractivity contribution in [2.75, 3.05) is 6.61 Å². The second-order valence-corrected chi connectivity index (χ2v) is 6.42. The van der Waals surface area contributed by atoms with Crippen LogP contribution in [-0.4, -0.2) is 35.7 Å². The number of alkyl halides is 3. The van der Waals surface area contributed by atoms with Crippen LogP contribution in [0.1, 0.15) is 18.4 Å². The van der Waals surface area contributed by atoms with Crippen molar-refractivity contribution in [3.05, 3.63) is 42.0 Å². The number of aliphatic hydroxyl groups excluding tert-OH is 1. The van der Waals surface area contributed by atoms with Crippen molar-refractivity contribution >= 4 is 11.8 Å². The van der Waals surface area contributed by atoms with Crippen molar-refractivity contribution in [1.82, 2.24) is 0 Å². The number of esters is 1. The van der Waals surface area contributed by atoms with Crippen LogP contribution in [0, 0.1) is 11.8 Å². The second kappa shape index (κ2) is 7.11. The first-order valence-electron chi connectivity index (χ1n) is 8.12. The quantitative estimate of drug-likeness (QED) is 0.637. The van der Waals surface area contributed by atoms with Crippen LogP contribution in [0.25, 0.3) is 0 Å². The van der Waals surface area contributed by atoms with Gasteiger partial charge in [-0.1, -0.05) is 12.1 Å². The monoisotopic (exact) mass is 370 g/mol. The Morgan fingerprint density at radius 3 is 2.88 bits per heavy atom. The summed E-state index contributed by atoms with van der Waals surface area (Å²) in [5.41, 5.74) is -0.857. The van der Waals surface area contributed by atoms with E-state index in [0.29, 0.717) is 6.42 Å². The molecule has 0 aromatic heterocycles. The lowest BCUT2D eigenvalue weighted by Gasteiger charge is -2.14. The lowest BCUT2D eigenvalue weighted by atomic mass is 9.91. The van der Waals surface area contributed by atoms with Gasteiger partial charge in [-0.25, -0.2) is 0 Å². The van der Waals surface area contributed by atoms with Gasteiger partial charge in [-0.2, -0.15) is 13.2 Å². The van der Waals surface area contributed by atoms with Gasteiger partial charge in [0, 0.05) is 18.3 Å². The van der Waals surface area contributed by atoms with Crippen molar-refractivity contribution in [1.29, 1.82) is 0 Å². The van der Waals surface area contributed by atoms with E-state index in [4.69, 9.17) is 9.47 Å². The van der Waals surface area contributed by atoms with Gasteiger partial charge in [0.2, 0.25) is 0 Å². The summed E-state index contributed by atoms with van der Waals surface area (Å²) in [7, 11) is 0. The minimum Gasteiger partial charge on any atom is -0.485 e. The third-order valence-electron chi connectivity index (χ3n) is 4.62. The van der Waals surface area contributed by atoms with Crippen LogP contribution in [0.4, 0.5) is 13.2 Å². The normalized spacial score (nSPS) is 28.2. The number of ether oxygens (including phenoxy) is 2. The van der Waals surface area contributed by atoms with Gasteiger partial charge in [0.25, 0.3) is 0 Å². The maximum absolute atomic E-state index is 12.6. The first-order chi connectivity index (χ1) is 12.2. The summed E-state index contributed by atoms with van der Waals surface area (Å²) in [5.74, 6) is -1.36. The molecular weight excluding hydrogens is 353 g/mol. The average molecular weight is 370 g/mol. The molecule has 1 aromatic carbocycles. The van der Waals surface area contributed by atoms with E-state index in [9.17, 15) is 27.9 Å². The lowest BCUT2D eigenvalue weighted by Crippen LogP contribution is -2.18. The summed E-state index contributed by atoms with van der Waals surface area (Å²) in [6, 6.07) is 4.27. The van der Waals surface area contributed by atoms with E-state index in [1.54, 1.807) is 0 Å². The summed E-state index contributed by atoms with van der Waals surface area (Å²) in [6.07, 6.45) is -2.23. The molecule has 1 N–H and O–H groups in total. The largest absolute Gasteiger partial charge is 0.485 e. The van der Waals surface area contributed by atoms with Gasteiger partial charge in [0.05, 0.1) is 18.1 Å². The molecule has 0 spiro atoms. The molecule has 4 unspecified atom stereocenters. The first-order valence-corrected chi connectivity index (χ1v) is 8.12. The molecule has 26 heavy (non-hydrogen) atoms. The highest BCUT2D eigenvalue weighted by molar-refractivity contribution is 5.91. The maximum Gasteiger partial charge on any atom is 0.416 e. The smallest absolute Gasteiger partial charge is 0.416 e. The lowest BCUT2D eigenvalue weighted by molar-refractivity contribution is -0.142. The van der Waals surface area contributed by atoms with Crippen LogP contribution in [0.5, 0.6) is 5.75 Å². The molecule has 1 saturated heterocycles. The Hall–Kier alpha value is -2.35. The summed E-state index contributed by atoms with van der Waals surface area (Å²) in [5, 5.41) is 10.0. The zero-order valence-corrected chi connectivity index (χ0v) is 13.6. The first kappa shape index (κ1) is 18.4. The van der Waals surface area contributed by atoms with E-state index in [1.807, 2.05) is 0 Å². The molecule has 1 aliphatic heterocycles. The maximum atomic E-state index is 12.6. The zero-order chi connectivity index (χ0) is 18.9. The van der Waals surface area contributed by atoms with Crippen LogP contribution in [0.15, 0.2) is 36.4 Å². The molecule has 5 nitrogen and oxygen atoms in total. The number of hydrogen-bond acceptors (Lipinski definition) is 5. The number of rotatable bonds is 5. The summed E-state index contributed by atoms with van der Waals surface area (Å²) >= 11 is 0. The number of benzene rings is 1. The Balaban J connectivity index is 1.56. The van der Waals surface area contributed by atoms with Crippen LogP contribution in [0.3, 0.4) is 0 Å². The predicted molar refractivity (Wildman–Crippen MR) is 83.2 cm³/mol. The van der Waals surface area contributed by atoms with Crippen molar-refractivity contribution < 1.29 is 37.3 Å². The van der Waals surface area contributed by atoms with Crippen LogP contribution >= 0.6 is 0 Å². The number of halogens is 3. The van der Waals surface area contributed by atoms with Gasteiger partial charge < -0.3 is 14.6 Å². The fraction of sp³-hybridized carbons (Fsp3) is 0.444. The van der Waals surface area contributed by atoms with Gasteiger partial charge in [-0.15, -0.1) is 0 Å². The zero-order valence-electron chi connectivity index (χ0n) is 13.6. The molecule has 2 aliphatic rings. The number of carbonyl (C=O) groups excluding carboxylic acids is 2. The molecule has 0 amide bonds. The van der Waals surface area contributed by atoms with E-state index >= 15 is 0 Å². The number of fused-ring (bicyclic) bond motifs is 1. The minimum atomic E-state index is -4.49. The minimum absolute atomic E-state index is 0.0580. The predicted octanol–water partition coefficient (Wildman–Crippen LogP) is 2.52. The molecule has 2 fully saturated rings. The van der Waals surface area contributed by atoms with Crippen LogP contribution in [-0.2, 0) is 20.5 Å². The molecule has 3 rings (SSSR count). The van der Waals surface area contributed by atoms with Gasteiger partial charge in [-0.3, -0.25) is 9.59 Å². The van der Waals surface area contributed by atoms with E-state index in [-0.39, 0.29) is 36.1 Å². The van der Waals surface area contributed by atoms with Crippen molar-refractivity contribution in [2.45, 2.75) is 31.2 Å². The second-order valence-electron chi connectivity index (χ2n) is 6.42. The summed E-state index contributed by atoms with van der Waals surface area (Å²) < 4.78 is 48.1. The van der Waals surface area contributed by atoms with Crippen molar-refractivity contribution in [3.63, 3.8) is 0 Å². The van der Waals surface area contributed by atoms with Crippen LogP contribution in [0.2, 0.25) is 0 Å². The van der Waals surface area contributed by atoms with Gasteiger partial charge in [-0.05, 0) is 24.3 Å². The highest BCUT2D eigenvalue weighted by Gasteiger charge is 2.48. The number of hydrogen-bond donors (Lipinski definition) is 1. The summed E-state index contributed by atoms with van der Waals surface area (Å²) in [4.78, 5) is 23.2. The molecule has 0 bridgehead atoms. The van der Waals surface area contributed by atoms with Gasteiger partial charge in [0.1, 0.15) is 11.9 Å². The van der Waals surface area contributed by atoms with Crippen molar-refractivity contribution in [3.8, 4) is 5.75 Å². The highest BCUT2D eigenvalue weighted by atomic mass is 19.4. The number of carbonyl (C=O) groups is 2. The van der Waals surface area contributed by atoms with E-state index in [0.717, 1.165) is 12.1 Å². The van der Waals surface area contributed by atoms with Gasteiger partial charge >= 0.3 is 12.1 Å². The molecule has 140 valence electrons. The highest BCUT2D eigenvalue weighted by Crippen LogP contribution is 2.42. The summed E-state index contributed by atoms with van der Waals surface area (Å²) in [6.45, 7) is -0.426. The van der Waals surface area contributed by atoms with E-state index < -0.39 is 30.2 Å². The molecule has 1 aliphatic carbocycles. The van der Waals surface area contributed by atoms with Gasteiger partial charge in [0.15, 0.2) is 12.4 Å². The van der Waals surface area contributed by atoms with E-state index in [1.165, 1.54) is 24.3 Å². The number of ketones is 1. The molecule has 4 atom stereocenters. The Bertz CT molecular complexity index is 728. The van der Waals surface area contributed by atoms with Crippen molar-refractivity contribution in [2.24, 2.45) is 11.8 Å². The molecular formula is C18H17F3O5. The molecule has 1 aromatic rings. The van der Waals surface area contributed by atoms with Crippen LogP contribution < -0.4 is 4.74 Å². The standard InChI is InChI=1S/C18H17F3O5/c19-18(20,21)10-2-1-3-12(6-10)25-9-11(22)4-5-13-14-7-17(24)26-16(14)8-15(13)23/h1-6,13-16,23H,7-9H2. The molecule has 1 heterocycles. The Labute approximate surface area is 147 Å². The molecule has 0 radical (unpaired) electrons. The fourth-order valence-corrected chi connectivity index (χ4v) is 3.37. The Morgan fingerprint density at radius 2 is 2.15 bits per heavy atom. The molecule has 8 heteroatoms.